The van der Waals surface area contributed by atoms with Crippen molar-refractivity contribution in [3.63, 3.8) is 0 Å². The molecule has 1 aromatic rings. The highest BCUT2D eigenvalue weighted by molar-refractivity contribution is 5.09. The van der Waals surface area contributed by atoms with Crippen molar-refractivity contribution in [1.29, 1.82) is 0 Å². The Kier molecular flexibility index (Phi) is 1.94. The topological polar surface area (TPSA) is 55.1 Å². The Balaban J connectivity index is 3.15. The third-order valence-electron chi connectivity index (χ3n) is 1.40. The van der Waals surface area contributed by atoms with E-state index in [0.717, 1.165) is 0 Å². The van der Waals surface area contributed by atoms with E-state index in [0.29, 0.717) is 0 Å². The minimum Gasteiger partial charge on any atom is -0.502 e. The fourth-order valence-electron chi connectivity index (χ4n) is 0.697. The van der Waals surface area contributed by atoms with Gasteiger partial charge in [0.25, 0.3) is 0 Å². The van der Waals surface area contributed by atoms with Gasteiger partial charge in [0.1, 0.15) is 0 Å². The normalized spacial score (nSPS) is 10.5. The number of hydrogen-bond donors (Lipinski definition) is 1. The molecule has 0 saturated carbocycles. The molecule has 0 aliphatic heterocycles. The predicted octanol–water partition coefficient (Wildman–Crippen LogP) is 0.530. The van der Waals surface area contributed by atoms with Gasteiger partial charge in [0, 0.05) is 6.04 Å². The second-order valence-electron chi connectivity index (χ2n) is 2.61. The Morgan fingerprint density at radius 3 is 2.73 bits per heavy atom. The number of nitrogens with zero attached hydrogens (tertiary/aromatic N) is 2. The molecule has 0 aromatic carbocycles. The maximum absolute atomic E-state index is 10.6. The third-order valence-corrected chi connectivity index (χ3v) is 1.40. The number of aromatic nitrogens is 2. The molecule has 1 heterocycles. The molecule has 4 heteroatoms. The molecule has 0 saturated heterocycles. The van der Waals surface area contributed by atoms with Gasteiger partial charge in [0.05, 0.1) is 12.5 Å². The average molecular weight is 154 g/mol. The Morgan fingerprint density at radius 2 is 2.27 bits per heavy atom. The van der Waals surface area contributed by atoms with Crippen molar-refractivity contribution in [2.75, 3.05) is 0 Å². The van der Waals surface area contributed by atoms with Crippen molar-refractivity contribution < 1.29 is 5.11 Å². The highest BCUT2D eigenvalue weighted by atomic mass is 16.3. The first kappa shape index (κ1) is 7.78. The summed E-state index contributed by atoms with van der Waals surface area (Å²) >= 11 is 0. The molecule has 1 rings (SSSR count). The lowest BCUT2D eigenvalue weighted by molar-refractivity contribution is 0.448. The molecule has 0 aliphatic carbocycles. The quantitative estimate of drug-likeness (QED) is 0.642. The molecule has 0 radical (unpaired) electrons. The van der Waals surface area contributed by atoms with E-state index >= 15 is 0 Å². The van der Waals surface area contributed by atoms with Gasteiger partial charge < -0.3 is 9.67 Å². The van der Waals surface area contributed by atoms with Crippen molar-refractivity contribution in [3.8, 4) is 5.75 Å². The summed E-state index contributed by atoms with van der Waals surface area (Å²) in [6, 6.07) is 0.203. The van der Waals surface area contributed by atoms with Crippen LogP contribution in [-0.4, -0.2) is 14.7 Å². The van der Waals surface area contributed by atoms with Gasteiger partial charge in [-0.15, -0.1) is 0 Å². The van der Waals surface area contributed by atoms with Crippen LogP contribution in [0.3, 0.4) is 0 Å². The van der Waals surface area contributed by atoms with E-state index in [1.54, 1.807) is 4.57 Å². The molecule has 0 spiro atoms. The summed E-state index contributed by atoms with van der Waals surface area (Å²) in [7, 11) is 0. The molecule has 0 atom stereocenters. The smallest absolute Gasteiger partial charge is 0.314 e. The highest BCUT2D eigenvalue weighted by Gasteiger charge is 1.99. The Morgan fingerprint density at radius 1 is 1.64 bits per heavy atom. The molecule has 0 unspecified atom stereocenters. The van der Waals surface area contributed by atoms with Crippen LogP contribution in [0.5, 0.6) is 5.75 Å². The molecule has 4 nitrogen and oxygen atoms in total. The van der Waals surface area contributed by atoms with Gasteiger partial charge >= 0.3 is 5.56 Å². The van der Waals surface area contributed by atoms with Crippen molar-refractivity contribution in [3.05, 3.63) is 22.9 Å². The van der Waals surface area contributed by atoms with E-state index in [1.165, 1.54) is 12.5 Å². The van der Waals surface area contributed by atoms with E-state index in [9.17, 15) is 4.79 Å². The lowest BCUT2D eigenvalue weighted by atomic mass is 10.4. The van der Waals surface area contributed by atoms with Crippen molar-refractivity contribution in [2.24, 2.45) is 0 Å². The molecule has 11 heavy (non-hydrogen) atoms. The largest absolute Gasteiger partial charge is 0.502 e. The van der Waals surface area contributed by atoms with Crippen LogP contribution in [0.4, 0.5) is 0 Å². The lowest BCUT2D eigenvalue weighted by Gasteiger charge is -2.08. The average Bonchev–Trinajstić information content (AvgIpc) is 1.94. The summed E-state index contributed by atoms with van der Waals surface area (Å²) in [4.78, 5) is 14.1. The minimum atomic E-state index is -0.582. The monoisotopic (exact) mass is 154 g/mol. The van der Waals surface area contributed by atoms with Gasteiger partial charge in [0.2, 0.25) is 0 Å². The first-order valence-corrected chi connectivity index (χ1v) is 3.38. The lowest BCUT2D eigenvalue weighted by Crippen LogP contribution is -2.11. The fraction of sp³-hybridized carbons (Fsp3) is 0.429. The molecule has 0 amide bonds. The van der Waals surface area contributed by atoms with Gasteiger partial charge in [-0.05, 0) is 13.8 Å². The molecular formula is C7H10N2O2. The van der Waals surface area contributed by atoms with E-state index in [-0.39, 0.29) is 11.8 Å². The molecule has 0 aliphatic rings. The molecule has 1 N–H and O–H groups in total. The van der Waals surface area contributed by atoms with Crippen LogP contribution < -0.4 is 5.56 Å². The Labute approximate surface area is 64.1 Å². The first-order valence-electron chi connectivity index (χ1n) is 3.38. The summed E-state index contributed by atoms with van der Waals surface area (Å²) in [6.07, 6.45) is 2.78. The second-order valence-corrected chi connectivity index (χ2v) is 2.61. The summed E-state index contributed by atoms with van der Waals surface area (Å²) in [5.41, 5.74) is -0.582. The maximum atomic E-state index is 10.6. The van der Waals surface area contributed by atoms with E-state index < -0.39 is 5.56 Å². The van der Waals surface area contributed by atoms with Crippen LogP contribution in [0.1, 0.15) is 19.9 Å². The van der Waals surface area contributed by atoms with Crippen molar-refractivity contribution in [1.82, 2.24) is 9.55 Å². The standard InChI is InChI=1S/C7H10N2O2/c1-5(2)9-3-6(10)7(11)8-4-9/h3-5,10H,1-2H3. The summed E-state index contributed by atoms with van der Waals surface area (Å²) < 4.78 is 1.66. The highest BCUT2D eigenvalue weighted by Crippen LogP contribution is 2.04. The fourth-order valence-corrected chi connectivity index (χ4v) is 0.697. The number of hydrogen-bond acceptors (Lipinski definition) is 3. The first-order chi connectivity index (χ1) is 5.11. The molecule has 1 aromatic heterocycles. The molecule has 0 fully saturated rings. The zero-order chi connectivity index (χ0) is 8.43. The van der Waals surface area contributed by atoms with Gasteiger partial charge in [0.15, 0.2) is 5.75 Å². The zero-order valence-electron chi connectivity index (χ0n) is 6.48. The molecular weight excluding hydrogens is 144 g/mol. The maximum Gasteiger partial charge on any atom is 0.314 e. The van der Waals surface area contributed by atoms with Crippen LogP contribution in [0.15, 0.2) is 17.3 Å². The van der Waals surface area contributed by atoms with Gasteiger partial charge in [-0.25, -0.2) is 0 Å². The van der Waals surface area contributed by atoms with E-state index in [1.807, 2.05) is 13.8 Å². The Hall–Kier alpha value is -1.32. The van der Waals surface area contributed by atoms with Crippen molar-refractivity contribution in [2.45, 2.75) is 19.9 Å². The number of rotatable bonds is 1. The van der Waals surface area contributed by atoms with Gasteiger partial charge in [-0.3, -0.25) is 4.79 Å². The van der Waals surface area contributed by atoms with Crippen LogP contribution in [0, 0.1) is 0 Å². The minimum absolute atomic E-state index is 0.203. The van der Waals surface area contributed by atoms with Crippen molar-refractivity contribution >= 4 is 0 Å². The third kappa shape index (κ3) is 1.58. The van der Waals surface area contributed by atoms with Crippen LogP contribution in [0.25, 0.3) is 0 Å². The molecule has 0 bridgehead atoms. The van der Waals surface area contributed by atoms with Crippen LogP contribution in [0.2, 0.25) is 0 Å². The van der Waals surface area contributed by atoms with Crippen LogP contribution >= 0.6 is 0 Å². The van der Waals surface area contributed by atoms with Gasteiger partial charge in [-0.1, -0.05) is 0 Å². The molecule has 60 valence electrons. The summed E-state index contributed by atoms with van der Waals surface area (Å²) in [6.45, 7) is 3.87. The SMILES string of the molecule is CC(C)n1cnc(=O)c(O)c1. The van der Waals surface area contributed by atoms with Crippen LogP contribution in [-0.2, 0) is 0 Å². The van der Waals surface area contributed by atoms with E-state index in [4.69, 9.17) is 5.11 Å². The number of aromatic hydroxyl groups is 1. The summed E-state index contributed by atoms with van der Waals surface area (Å²) in [5.74, 6) is -0.304. The predicted molar refractivity (Wildman–Crippen MR) is 40.5 cm³/mol. The van der Waals surface area contributed by atoms with E-state index in [2.05, 4.69) is 4.98 Å². The second kappa shape index (κ2) is 2.74. The zero-order valence-corrected chi connectivity index (χ0v) is 6.48. The van der Waals surface area contributed by atoms with Gasteiger partial charge in [-0.2, -0.15) is 4.98 Å². The Bertz CT molecular complexity index is 304. The summed E-state index contributed by atoms with van der Waals surface area (Å²) in [5, 5.41) is 8.95.